The Labute approximate surface area is 133 Å². The van der Waals surface area contributed by atoms with E-state index in [1.54, 1.807) is 31.2 Å². The lowest BCUT2D eigenvalue weighted by molar-refractivity contribution is -0.115. The Morgan fingerprint density at radius 2 is 2.00 bits per heavy atom. The van der Waals surface area contributed by atoms with Gasteiger partial charge in [-0.1, -0.05) is 31.3 Å². The molecule has 7 heteroatoms. The summed E-state index contributed by atoms with van der Waals surface area (Å²) in [5, 5.41) is 14.8. The maximum Gasteiger partial charge on any atom is 0.257 e. The van der Waals surface area contributed by atoms with Crippen LogP contribution in [0.4, 0.5) is 10.8 Å². The van der Waals surface area contributed by atoms with E-state index in [0.717, 1.165) is 17.8 Å². The van der Waals surface area contributed by atoms with Gasteiger partial charge in [-0.3, -0.25) is 14.9 Å². The molecule has 1 aromatic heterocycles. The molecule has 0 bridgehead atoms. The van der Waals surface area contributed by atoms with Crippen LogP contribution in [0.3, 0.4) is 0 Å². The lowest BCUT2D eigenvalue weighted by Crippen LogP contribution is -2.13. The van der Waals surface area contributed by atoms with Crippen molar-refractivity contribution in [1.82, 2.24) is 10.2 Å². The van der Waals surface area contributed by atoms with E-state index in [2.05, 4.69) is 27.8 Å². The molecule has 2 N–H and O–H groups in total. The number of nitrogens with one attached hydrogen (secondary N) is 2. The lowest BCUT2D eigenvalue weighted by Gasteiger charge is -2.06. The fraction of sp³-hybridized carbons (Fsp3) is 0.333. The van der Waals surface area contributed by atoms with Crippen LogP contribution in [0.2, 0.25) is 0 Å². The molecule has 1 aromatic carbocycles. The monoisotopic (exact) mass is 318 g/mol. The number of rotatable bonds is 6. The van der Waals surface area contributed by atoms with Gasteiger partial charge in [0.15, 0.2) is 0 Å². The molecule has 1 heterocycles. The van der Waals surface area contributed by atoms with Gasteiger partial charge in [-0.25, -0.2) is 0 Å². The fourth-order valence-corrected chi connectivity index (χ4v) is 2.61. The molecule has 0 spiro atoms. The largest absolute Gasteiger partial charge is 0.326 e. The SMILES string of the molecule is CCCc1nnc(NC(=O)c2cccc(NC(=O)CC)c2)s1. The highest BCUT2D eigenvalue weighted by molar-refractivity contribution is 7.15. The smallest absolute Gasteiger partial charge is 0.257 e. The van der Waals surface area contributed by atoms with E-state index in [-0.39, 0.29) is 11.8 Å². The minimum atomic E-state index is -0.271. The van der Waals surface area contributed by atoms with Gasteiger partial charge in [0.1, 0.15) is 5.01 Å². The summed E-state index contributed by atoms with van der Waals surface area (Å²) < 4.78 is 0. The minimum absolute atomic E-state index is 0.0918. The molecular formula is C15H18N4O2S. The van der Waals surface area contributed by atoms with Gasteiger partial charge >= 0.3 is 0 Å². The van der Waals surface area contributed by atoms with E-state index >= 15 is 0 Å². The van der Waals surface area contributed by atoms with Crippen LogP contribution in [-0.4, -0.2) is 22.0 Å². The Kier molecular flexibility index (Phi) is 5.60. The zero-order chi connectivity index (χ0) is 15.9. The number of carbonyl (C=O) groups is 2. The summed E-state index contributed by atoms with van der Waals surface area (Å²) in [7, 11) is 0. The van der Waals surface area contributed by atoms with Crippen LogP contribution >= 0.6 is 11.3 Å². The molecule has 0 saturated carbocycles. The number of nitrogens with zero attached hydrogens (tertiary/aromatic N) is 2. The molecule has 0 unspecified atom stereocenters. The summed E-state index contributed by atoms with van der Waals surface area (Å²) in [6.45, 7) is 3.84. The molecular weight excluding hydrogens is 300 g/mol. The molecule has 22 heavy (non-hydrogen) atoms. The molecule has 0 aliphatic carbocycles. The topological polar surface area (TPSA) is 84.0 Å². The number of aryl methyl sites for hydroxylation is 1. The molecule has 2 amide bonds. The first-order valence-electron chi connectivity index (χ1n) is 7.16. The van der Waals surface area contributed by atoms with Crippen molar-refractivity contribution < 1.29 is 9.59 Å². The lowest BCUT2D eigenvalue weighted by atomic mass is 10.2. The van der Waals surface area contributed by atoms with Crippen LogP contribution in [0, 0.1) is 0 Å². The Morgan fingerprint density at radius 3 is 2.73 bits per heavy atom. The Bertz CT molecular complexity index is 669. The van der Waals surface area contributed by atoms with E-state index in [4.69, 9.17) is 0 Å². The Balaban J connectivity index is 2.05. The number of amides is 2. The number of hydrogen-bond donors (Lipinski definition) is 2. The maximum atomic E-state index is 12.2. The van der Waals surface area contributed by atoms with Gasteiger partial charge in [0.2, 0.25) is 11.0 Å². The van der Waals surface area contributed by atoms with Crippen molar-refractivity contribution in [2.45, 2.75) is 33.1 Å². The summed E-state index contributed by atoms with van der Waals surface area (Å²) in [4.78, 5) is 23.6. The van der Waals surface area contributed by atoms with Gasteiger partial charge in [0, 0.05) is 24.1 Å². The van der Waals surface area contributed by atoms with Gasteiger partial charge in [-0.15, -0.1) is 10.2 Å². The van der Waals surface area contributed by atoms with Crippen molar-refractivity contribution in [2.75, 3.05) is 10.6 Å². The van der Waals surface area contributed by atoms with Crippen molar-refractivity contribution in [3.05, 3.63) is 34.8 Å². The molecule has 2 rings (SSSR count). The number of carbonyl (C=O) groups excluding carboxylic acids is 2. The van der Waals surface area contributed by atoms with Gasteiger partial charge in [-0.2, -0.15) is 0 Å². The van der Waals surface area contributed by atoms with Gasteiger partial charge in [0.25, 0.3) is 5.91 Å². The highest BCUT2D eigenvalue weighted by Gasteiger charge is 2.11. The summed E-state index contributed by atoms with van der Waals surface area (Å²) >= 11 is 1.38. The van der Waals surface area contributed by atoms with Crippen LogP contribution in [0.5, 0.6) is 0 Å². The average Bonchev–Trinajstić information content (AvgIpc) is 2.95. The third-order valence-electron chi connectivity index (χ3n) is 2.88. The molecule has 0 aliphatic heterocycles. The van der Waals surface area contributed by atoms with E-state index in [0.29, 0.717) is 22.8 Å². The zero-order valence-corrected chi connectivity index (χ0v) is 13.4. The van der Waals surface area contributed by atoms with E-state index < -0.39 is 0 Å². The molecule has 0 fully saturated rings. The normalized spacial score (nSPS) is 10.3. The molecule has 0 aliphatic rings. The van der Waals surface area contributed by atoms with Gasteiger partial charge in [0.05, 0.1) is 0 Å². The van der Waals surface area contributed by atoms with Crippen molar-refractivity contribution in [3.8, 4) is 0 Å². The molecule has 0 saturated heterocycles. The van der Waals surface area contributed by atoms with E-state index in [9.17, 15) is 9.59 Å². The number of aromatic nitrogens is 2. The minimum Gasteiger partial charge on any atom is -0.326 e. The molecule has 0 atom stereocenters. The van der Waals surface area contributed by atoms with Crippen molar-refractivity contribution in [3.63, 3.8) is 0 Å². The first-order valence-corrected chi connectivity index (χ1v) is 7.97. The first kappa shape index (κ1) is 16.1. The third kappa shape index (κ3) is 4.36. The van der Waals surface area contributed by atoms with Gasteiger partial charge in [-0.05, 0) is 24.6 Å². The second kappa shape index (κ2) is 7.65. The van der Waals surface area contributed by atoms with E-state index in [1.165, 1.54) is 11.3 Å². The quantitative estimate of drug-likeness (QED) is 0.857. The average molecular weight is 318 g/mol. The molecule has 0 radical (unpaired) electrons. The molecule has 6 nitrogen and oxygen atoms in total. The second-order valence-corrected chi connectivity index (χ2v) is 5.75. The van der Waals surface area contributed by atoms with Crippen molar-refractivity contribution >= 4 is 34.0 Å². The molecule has 2 aromatic rings. The Morgan fingerprint density at radius 1 is 1.18 bits per heavy atom. The predicted molar refractivity (Wildman–Crippen MR) is 87.2 cm³/mol. The van der Waals surface area contributed by atoms with Crippen LogP contribution in [-0.2, 0) is 11.2 Å². The number of benzene rings is 1. The molecule has 116 valence electrons. The highest BCUT2D eigenvalue weighted by atomic mass is 32.1. The zero-order valence-electron chi connectivity index (χ0n) is 12.5. The third-order valence-corrected chi connectivity index (χ3v) is 3.78. The van der Waals surface area contributed by atoms with E-state index in [1.807, 2.05) is 0 Å². The first-order chi connectivity index (χ1) is 10.6. The summed E-state index contributed by atoms with van der Waals surface area (Å²) in [5.74, 6) is -0.363. The summed E-state index contributed by atoms with van der Waals surface area (Å²) in [6, 6.07) is 6.79. The van der Waals surface area contributed by atoms with Crippen LogP contribution in [0.1, 0.15) is 42.1 Å². The number of anilines is 2. The summed E-state index contributed by atoms with van der Waals surface area (Å²) in [6.07, 6.45) is 2.23. The van der Waals surface area contributed by atoms with Crippen molar-refractivity contribution in [2.24, 2.45) is 0 Å². The highest BCUT2D eigenvalue weighted by Crippen LogP contribution is 2.18. The van der Waals surface area contributed by atoms with Crippen molar-refractivity contribution in [1.29, 1.82) is 0 Å². The van der Waals surface area contributed by atoms with Crippen LogP contribution in [0.15, 0.2) is 24.3 Å². The van der Waals surface area contributed by atoms with Crippen LogP contribution < -0.4 is 10.6 Å². The summed E-state index contributed by atoms with van der Waals surface area (Å²) in [5.41, 5.74) is 1.06. The predicted octanol–water partition coefficient (Wildman–Crippen LogP) is 3.09. The standard InChI is InChI=1S/C15H18N4O2S/c1-3-6-13-18-19-15(22-13)17-14(21)10-7-5-8-11(9-10)16-12(20)4-2/h5,7-9H,3-4,6H2,1-2H3,(H,16,20)(H,17,19,21). The number of hydrogen-bond acceptors (Lipinski definition) is 5. The fourth-order valence-electron chi connectivity index (χ4n) is 1.78. The second-order valence-electron chi connectivity index (χ2n) is 4.69. The van der Waals surface area contributed by atoms with Gasteiger partial charge < -0.3 is 5.32 Å². The maximum absolute atomic E-state index is 12.2. The Hall–Kier alpha value is -2.28. The van der Waals surface area contributed by atoms with Crippen LogP contribution in [0.25, 0.3) is 0 Å².